The molecule has 0 aromatic heterocycles. The van der Waals surface area contributed by atoms with Gasteiger partial charge >= 0.3 is 0 Å². The van der Waals surface area contributed by atoms with Crippen LogP contribution < -0.4 is 9.88 Å². The lowest BCUT2D eigenvalue weighted by atomic mass is 10.3. The van der Waals surface area contributed by atoms with Crippen molar-refractivity contribution in [1.82, 2.24) is 0 Å². The summed E-state index contributed by atoms with van der Waals surface area (Å²) in [5, 5.41) is 5.00. The Balaban J connectivity index is 3.15. The number of sulfonamides is 1. The molecule has 0 heterocycles. The molecule has 0 unspecified atom stereocenters. The van der Waals surface area contributed by atoms with E-state index in [1.165, 1.54) is 18.2 Å². The van der Waals surface area contributed by atoms with E-state index in [0.717, 1.165) is 0 Å². The lowest BCUT2D eigenvalue weighted by Gasteiger charge is -2.05. The summed E-state index contributed by atoms with van der Waals surface area (Å²) < 4.78 is 27.1. The molecule has 0 fully saturated rings. The molecule has 1 rings (SSSR count). The van der Waals surface area contributed by atoms with Crippen LogP contribution >= 0.6 is 11.6 Å². The van der Waals surface area contributed by atoms with Crippen molar-refractivity contribution in [3.63, 3.8) is 0 Å². The molecule has 0 radical (unpaired) electrons. The standard InChI is InChI=1S/C8H10ClNO3S/c1-2-13-6-3-4-8(7(9)5-6)14(10,11)12/h3-5H,2H2,1H3,(H2,10,11,12). The summed E-state index contributed by atoms with van der Waals surface area (Å²) in [4.78, 5) is -0.0948. The van der Waals surface area contributed by atoms with Crippen molar-refractivity contribution in [3.8, 4) is 5.75 Å². The molecule has 0 amide bonds. The molecule has 0 bridgehead atoms. The van der Waals surface area contributed by atoms with Crippen LogP contribution in [0.2, 0.25) is 5.02 Å². The number of hydrogen-bond donors (Lipinski definition) is 1. The molecule has 6 heteroatoms. The fraction of sp³-hybridized carbons (Fsp3) is 0.250. The second kappa shape index (κ2) is 4.16. The lowest BCUT2D eigenvalue weighted by molar-refractivity contribution is 0.340. The van der Waals surface area contributed by atoms with Gasteiger partial charge in [0.05, 0.1) is 11.6 Å². The van der Waals surface area contributed by atoms with E-state index in [2.05, 4.69) is 0 Å². The van der Waals surface area contributed by atoms with Gasteiger partial charge < -0.3 is 4.74 Å². The van der Waals surface area contributed by atoms with E-state index in [-0.39, 0.29) is 9.92 Å². The summed E-state index contributed by atoms with van der Waals surface area (Å²) in [5.74, 6) is 0.518. The van der Waals surface area contributed by atoms with Gasteiger partial charge in [-0.1, -0.05) is 11.6 Å². The Morgan fingerprint density at radius 2 is 2.14 bits per heavy atom. The molecule has 0 saturated heterocycles. The average molecular weight is 236 g/mol. The molecule has 2 N–H and O–H groups in total. The van der Waals surface area contributed by atoms with E-state index in [1.807, 2.05) is 6.92 Å². The quantitative estimate of drug-likeness (QED) is 0.861. The summed E-state index contributed by atoms with van der Waals surface area (Å²) in [6, 6.07) is 4.25. The molecule has 0 spiro atoms. The van der Waals surface area contributed by atoms with Crippen LogP contribution in [0.25, 0.3) is 0 Å². The molecule has 1 aromatic rings. The number of rotatable bonds is 3. The molecule has 0 saturated carbocycles. The Labute approximate surface area is 87.7 Å². The van der Waals surface area contributed by atoms with Gasteiger partial charge in [-0.3, -0.25) is 0 Å². The number of benzene rings is 1. The van der Waals surface area contributed by atoms with Crippen LogP contribution in [-0.4, -0.2) is 15.0 Å². The fourth-order valence-electron chi connectivity index (χ4n) is 0.969. The van der Waals surface area contributed by atoms with E-state index >= 15 is 0 Å². The van der Waals surface area contributed by atoms with E-state index in [0.29, 0.717) is 12.4 Å². The Bertz CT molecular complexity index is 430. The summed E-state index contributed by atoms with van der Waals surface area (Å²) in [7, 11) is -3.75. The minimum Gasteiger partial charge on any atom is -0.494 e. The van der Waals surface area contributed by atoms with Gasteiger partial charge in [-0.05, 0) is 19.1 Å². The molecule has 0 aliphatic carbocycles. The Morgan fingerprint density at radius 1 is 1.50 bits per heavy atom. The molecule has 78 valence electrons. The molecule has 14 heavy (non-hydrogen) atoms. The van der Waals surface area contributed by atoms with Gasteiger partial charge in [0, 0.05) is 6.07 Å². The first-order chi connectivity index (χ1) is 6.45. The van der Waals surface area contributed by atoms with Crippen LogP contribution in [-0.2, 0) is 10.0 Å². The highest BCUT2D eigenvalue weighted by Crippen LogP contribution is 2.25. The SMILES string of the molecule is CCOc1ccc(S(N)(=O)=O)c(Cl)c1. The number of halogens is 1. The summed E-state index contributed by atoms with van der Waals surface area (Å²) >= 11 is 5.71. The first-order valence-electron chi connectivity index (χ1n) is 3.90. The highest BCUT2D eigenvalue weighted by atomic mass is 35.5. The van der Waals surface area contributed by atoms with Crippen LogP contribution in [0.3, 0.4) is 0 Å². The second-order valence-electron chi connectivity index (χ2n) is 2.57. The van der Waals surface area contributed by atoms with E-state index < -0.39 is 10.0 Å². The van der Waals surface area contributed by atoms with Gasteiger partial charge in [-0.2, -0.15) is 0 Å². The third-order valence-corrected chi connectivity index (χ3v) is 2.91. The van der Waals surface area contributed by atoms with Crippen molar-refractivity contribution >= 4 is 21.6 Å². The average Bonchev–Trinajstić information content (AvgIpc) is 2.02. The predicted octanol–water partition coefficient (Wildman–Crippen LogP) is 1.39. The highest BCUT2D eigenvalue weighted by molar-refractivity contribution is 7.89. The molecule has 4 nitrogen and oxygen atoms in total. The normalized spacial score (nSPS) is 11.4. The topological polar surface area (TPSA) is 69.4 Å². The number of primary sulfonamides is 1. The van der Waals surface area contributed by atoms with Crippen molar-refractivity contribution < 1.29 is 13.2 Å². The largest absolute Gasteiger partial charge is 0.494 e. The first kappa shape index (κ1) is 11.3. The Kier molecular flexibility index (Phi) is 3.36. The summed E-state index contributed by atoms with van der Waals surface area (Å²) in [6.07, 6.45) is 0. The number of hydrogen-bond acceptors (Lipinski definition) is 3. The zero-order chi connectivity index (χ0) is 10.8. The van der Waals surface area contributed by atoms with E-state index in [4.69, 9.17) is 21.5 Å². The van der Waals surface area contributed by atoms with Crippen LogP contribution in [0.5, 0.6) is 5.75 Å². The Hall–Kier alpha value is -0.780. The smallest absolute Gasteiger partial charge is 0.239 e. The minimum atomic E-state index is -3.75. The Morgan fingerprint density at radius 3 is 2.57 bits per heavy atom. The first-order valence-corrected chi connectivity index (χ1v) is 5.82. The van der Waals surface area contributed by atoms with Crippen LogP contribution in [0.4, 0.5) is 0 Å². The van der Waals surface area contributed by atoms with Crippen LogP contribution in [0.1, 0.15) is 6.92 Å². The third kappa shape index (κ3) is 2.60. The van der Waals surface area contributed by atoms with Crippen molar-refractivity contribution in [2.75, 3.05) is 6.61 Å². The molecular weight excluding hydrogens is 226 g/mol. The molecular formula is C8H10ClNO3S. The fourth-order valence-corrected chi connectivity index (χ4v) is 2.05. The second-order valence-corrected chi connectivity index (χ2v) is 4.51. The zero-order valence-electron chi connectivity index (χ0n) is 7.53. The van der Waals surface area contributed by atoms with Crippen LogP contribution in [0, 0.1) is 0 Å². The van der Waals surface area contributed by atoms with Gasteiger partial charge in [-0.15, -0.1) is 0 Å². The number of ether oxygens (including phenoxy) is 1. The predicted molar refractivity (Wildman–Crippen MR) is 54.0 cm³/mol. The molecule has 0 atom stereocenters. The molecule has 0 aliphatic heterocycles. The van der Waals surface area contributed by atoms with Crippen molar-refractivity contribution in [3.05, 3.63) is 23.2 Å². The van der Waals surface area contributed by atoms with Gasteiger partial charge in [0.1, 0.15) is 10.6 Å². The van der Waals surface area contributed by atoms with Gasteiger partial charge in [0.25, 0.3) is 0 Å². The van der Waals surface area contributed by atoms with Crippen LogP contribution in [0.15, 0.2) is 23.1 Å². The lowest BCUT2D eigenvalue weighted by Crippen LogP contribution is -2.12. The monoisotopic (exact) mass is 235 g/mol. The maximum absolute atomic E-state index is 11.0. The van der Waals surface area contributed by atoms with E-state index in [9.17, 15) is 8.42 Å². The van der Waals surface area contributed by atoms with Gasteiger partial charge in [-0.25, -0.2) is 13.6 Å². The molecule has 1 aromatic carbocycles. The number of nitrogens with two attached hydrogens (primary N) is 1. The highest BCUT2D eigenvalue weighted by Gasteiger charge is 2.12. The minimum absolute atomic E-state index is 0.0680. The zero-order valence-corrected chi connectivity index (χ0v) is 9.10. The van der Waals surface area contributed by atoms with E-state index in [1.54, 1.807) is 0 Å². The van der Waals surface area contributed by atoms with Gasteiger partial charge in [0.2, 0.25) is 10.0 Å². The maximum Gasteiger partial charge on any atom is 0.239 e. The summed E-state index contributed by atoms with van der Waals surface area (Å²) in [6.45, 7) is 2.31. The van der Waals surface area contributed by atoms with Crippen molar-refractivity contribution in [2.24, 2.45) is 5.14 Å². The molecule has 0 aliphatic rings. The van der Waals surface area contributed by atoms with Crippen molar-refractivity contribution in [1.29, 1.82) is 0 Å². The van der Waals surface area contributed by atoms with Gasteiger partial charge in [0.15, 0.2) is 0 Å². The third-order valence-electron chi connectivity index (χ3n) is 1.52. The maximum atomic E-state index is 11.0. The van der Waals surface area contributed by atoms with Crippen molar-refractivity contribution in [2.45, 2.75) is 11.8 Å². The summed E-state index contributed by atoms with van der Waals surface area (Å²) in [5.41, 5.74) is 0.